The first kappa shape index (κ1) is 16.7. The summed E-state index contributed by atoms with van der Waals surface area (Å²) in [5, 5.41) is 4.47. The summed E-state index contributed by atoms with van der Waals surface area (Å²) < 4.78 is 7.95. The number of aryl methyl sites for hydroxylation is 2. The second kappa shape index (κ2) is 6.88. The van der Waals surface area contributed by atoms with E-state index in [1.165, 1.54) is 5.56 Å². The zero-order chi connectivity index (χ0) is 18.1. The van der Waals surface area contributed by atoms with Crippen molar-refractivity contribution in [3.8, 4) is 11.6 Å². The van der Waals surface area contributed by atoms with Crippen molar-refractivity contribution >= 4 is 0 Å². The molecule has 3 heterocycles. The Bertz CT molecular complexity index is 906. The van der Waals surface area contributed by atoms with Gasteiger partial charge in [-0.1, -0.05) is 18.2 Å². The van der Waals surface area contributed by atoms with Crippen LogP contribution in [0.1, 0.15) is 22.6 Å². The lowest BCUT2D eigenvalue weighted by Crippen LogP contribution is -2.31. The number of nitrogens with zero attached hydrogens (tertiary/aromatic N) is 5. The van der Waals surface area contributed by atoms with Crippen molar-refractivity contribution in [1.82, 2.24) is 24.6 Å². The molecule has 0 fully saturated rings. The molecule has 0 saturated carbocycles. The Morgan fingerprint density at radius 2 is 2.00 bits per heavy atom. The number of rotatable bonds is 5. The van der Waals surface area contributed by atoms with E-state index in [2.05, 4.69) is 45.3 Å². The molecule has 0 N–H and O–H groups in total. The SMILES string of the molecule is Cc1nc(C)c2c(n1)OC(CN(C)Cc1cnn(-c3ccccc3)c1)C2. The zero-order valence-electron chi connectivity index (χ0n) is 15.4. The average molecular weight is 349 g/mol. The van der Waals surface area contributed by atoms with Crippen molar-refractivity contribution in [3.63, 3.8) is 0 Å². The molecule has 0 amide bonds. The number of hydrogen-bond acceptors (Lipinski definition) is 5. The number of aromatic nitrogens is 4. The smallest absolute Gasteiger partial charge is 0.220 e. The van der Waals surface area contributed by atoms with Gasteiger partial charge in [0, 0.05) is 42.5 Å². The number of likely N-dealkylation sites (N-methyl/N-ethyl adjacent to an activating group) is 1. The summed E-state index contributed by atoms with van der Waals surface area (Å²) in [5.74, 6) is 1.52. The second-order valence-electron chi connectivity index (χ2n) is 6.91. The van der Waals surface area contributed by atoms with Gasteiger partial charge in [0.15, 0.2) is 0 Å². The summed E-state index contributed by atoms with van der Waals surface area (Å²) in [5.41, 5.74) is 4.42. The molecule has 0 radical (unpaired) electrons. The maximum atomic E-state index is 6.04. The van der Waals surface area contributed by atoms with Crippen LogP contribution in [-0.4, -0.2) is 44.3 Å². The quantitative estimate of drug-likeness (QED) is 0.709. The highest BCUT2D eigenvalue weighted by Crippen LogP contribution is 2.29. The first-order valence-corrected chi connectivity index (χ1v) is 8.87. The van der Waals surface area contributed by atoms with Crippen LogP contribution in [0.2, 0.25) is 0 Å². The number of para-hydroxylation sites is 1. The Balaban J connectivity index is 1.37. The van der Waals surface area contributed by atoms with E-state index >= 15 is 0 Å². The molecule has 6 nitrogen and oxygen atoms in total. The van der Waals surface area contributed by atoms with E-state index in [0.717, 1.165) is 48.2 Å². The lowest BCUT2D eigenvalue weighted by Gasteiger charge is -2.19. The third-order valence-corrected chi connectivity index (χ3v) is 4.62. The average Bonchev–Trinajstić information content (AvgIpc) is 3.22. The maximum Gasteiger partial charge on any atom is 0.220 e. The van der Waals surface area contributed by atoms with Crippen molar-refractivity contribution in [2.45, 2.75) is 32.9 Å². The van der Waals surface area contributed by atoms with Crippen LogP contribution in [0.15, 0.2) is 42.7 Å². The van der Waals surface area contributed by atoms with Crippen LogP contribution < -0.4 is 4.74 Å². The van der Waals surface area contributed by atoms with Crippen LogP contribution in [0.5, 0.6) is 5.88 Å². The van der Waals surface area contributed by atoms with Gasteiger partial charge in [-0.05, 0) is 33.0 Å². The largest absolute Gasteiger partial charge is 0.472 e. The van der Waals surface area contributed by atoms with E-state index in [9.17, 15) is 0 Å². The van der Waals surface area contributed by atoms with Crippen molar-refractivity contribution in [3.05, 3.63) is 65.4 Å². The van der Waals surface area contributed by atoms with Gasteiger partial charge in [0.1, 0.15) is 11.9 Å². The van der Waals surface area contributed by atoms with Gasteiger partial charge < -0.3 is 4.74 Å². The predicted molar refractivity (Wildman–Crippen MR) is 99.5 cm³/mol. The van der Waals surface area contributed by atoms with E-state index in [-0.39, 0.29) is 6.10 Å². The number of benzene rings is 1. The van der Waals surface area contributed by atoms with Gasteiger partial charge in [-0.25, -0.2) is 9.67 Å². The molecule has 1 unspecified atom stereocenters. The van der Waals surface area contributed by atoms with Crippen molar-refractivity contribution in [2.24, 2.45) is 0 Å². The lowest BCUT2D eigenvalue weighted by molar-refractivity contribution is 0.160. The molecule has 26 heavy (non-hydrogen) atoms. The molecule has 2 aromatic heterocycles. The van der Waals surface area contributed by atoms with Crippen LogP contribution in [0.3, 0.4) is 0 Å². The monoisotopic (exact) mass is 349 g/mol. The van der Waals surface area contributed by atoms with Gasteiger partial charge in [-0.3, -0.25) is 4.90 Å². The summed E-state index contributed by atoms with van der Waals surface area (Å²) in [4.78, 5) is 11.1. The summed E-state index contributed by atoms with van der Waals surface area (Å²) in [7, 11) is 2.11. The van der Waals surface area contributed by atoms with Gasteiger partial charge >= 0.3 is 0 Å². The molecule has 0 aliphatic carbocycles. The van der Waals surface area contributed by atoms with E-state index in [4.69, 9.17) is 4.74 Å². The standard InChI is InChI=1S/C20H23N5O/c1-14-19-9-18(26-20(19)23-15(2)22-14)13-24(3)11-16-10-21-25(12-16)17-7-5-4-6-8-17/h4-8,10,12,18H,9,11,13H2,1-3H3. The second-order valence-corrected chi connectivity index (χ2v) is 6.91. The zero-order valence-corrected chi connectivity index (χ0v) is 15.4. The highest BCUT2D eigenvalue weighted by molar-refractivity contribution is 5.35. The molecule has 1 atom stereocenters. The van der Waals surface area contributed by atoms with E-state index in [0.29, 0.717) is 0 Å². The normalized spacial score (nSPS) is 15.9. The minimum atomic E-state index is 0.119. The summed E-state index contributed by atoms with van der Waals surface area (Å²) in [6.07, 6.45) is 4.99. The Kier molecular flexibility index (Phi) is 4.42. The van der Waals surface area contributed by atoms with Gasteiger partial charge in [0.2, 0.25) is 5.88 Å². The van der Waals surface area contributed by atoms with Crippen molar-refractivity contribution < 1.29 is 4.74 Å². The fourth-order valence-corrected chi connectivity index (χ4v) is 3.45. The minimum absolute atomic E-state index is 0.119. The predicted octanol–water partition coefficient (Wildman–Crippen LogP) is 2.71. The topological polar surface area (TPSA) is 56.1 Å². The molecule has 0 bridgehead atoms. The molecule has 0 saturated heterocycles. The molecule has 3 aromatic rings. The van der Waals surface area contributed by atoms with Gasteiger partial charge in [0.25, 0.3) is 0 Å². The Labute approximate surface area is 153 Å². The number of hydrogen-bond donors (Lipinski definition) is 0. The Morgan fingerprint density at radius 3 is 2.81 bits per heavy atom. The lowest BCUT2D eigenvalue weighted by atomic mass is 10.1. The Hall–Kier alpha value is -2.73. The fraction of sp³-hybridized carbons (Fsp3) is 0.350. The number of fused-ring (bicyclic) bond motifs is 1. The third-order valence-electron chi connectivity index (χ3n) is 4.62. The fourth-order valence-electron chi connectivity index (χ4n) is 3.45. The third kappa shape index (κ3) is 3.46. The van der Waals surface area contributed by atoms with Crippen LogP contribution in [0.25, 0.3) is 5.69 Å². The number of ether oxygens (including phenoxy) is 1. The first-order valence-electron chi connectivity index (χ1n) is 8.87. The van der Waals surface area contributed by atoms with Crippen molar-refractivity contribution in [2.75, 3.05) is 13.6 Å². The molecule has 0 spiro atoms. The van der Waals surface area contributed by atoms with E-state index in [1.807, 2.05) is 42.9 Å². The van der Waals surface area contributed by atoms with E-state index < -0.39 is 0 Å². The van der Waals surface area contributed by atoms with Crippen LogP contribution in [0.4, 0.5) is 0 Å². The van der Waals surface area contributed by atoms with E-state index in [1.54, 1.807) is 0 Å². The highest BCUT2D eigenvalue weighted by atomic mass is 16.5. The minimum Gasteiger partial charge on any atom is -0.472 e. The van der Waals surface area contributed by atoms with Gasteiger partial charge in [-0.15, -0.1) is 0 Å². The van der Waals surface area contributed by atoms with Gasteiger partial charge in [-0.2, -0.15) is 10.1 Å². The molecule has 1 aromatic carbocycles. The molecular formula is C20H23N5O. The summed E-state index contributed by atoms with van der Waals surface area (Å²) >= 11 is 0. The van der Waals surface area contributed by atoms with Gasteiger partial charge in [0.05, 0.1) is 11.9 Å². The van der Waals surface area contributed by atoms with Crippen LogP contribution in [-0.2, 0) is 13.0 Å². The van der Waals surface area contributed by atoms with Crippen LogP contribution >= 0.6 is 0 Å². The molecule has 6 heteroatoms. The first-order chi connectivity index (χ1) is 12.6. The summed E-state index contributed by atoms with van der Waals surface area (Å²) in [6, 6.07) is 10.1. The van der Waals surface area contributed by atoms with Crippen LogP contribution in [0, 0.1) is 13.8 Å². The molecule has 134 valence electrons. The molecule has 1 aliphatic heterocycles. The Morgan fingerprint density at radius 1 is 1.19 bits per heavy atom. The molecule has 1 aliphatic rings. The molecular weight excluding hydrogens is 326 g/mol. The van der Waals surface area contributed by atoms with Crippen molar-refractivity contribution in [1.29, 1.82) is 0 Å². The highest BCUT2D eigenvalue weighted by Gasteiger charge is 2.27. The summed E-state index contributed by atoms with van der Waals surface area (Å²) in [6.45, 7) is 5.60. The maximum absolute atomic E-state index is 6.04. The molecule has 4 rings (SSSR count).